The highest BCUT2D eigenvalue weighted by Gasteiger charge is 2.12. The van der Waals surface area contributed by atoms with Gasteiger partial charge >= 0.3 is 0 Å². The van der Waals surface area contributed by atoms with Crippen molar-refractivity contribution >= 4 is 0 Å². The molecule has 1 aromatic rings. The summed E-state index contributed by atoms with van der Waals surface area (Å²) < 4.78 is 5.50. The van der Waals surface area contributed by atoms with Crippen LogP contribution in [0, 0.1) is 11.8 Å². The van der Waals surface area contributed by atoms with Gasteiger partial charge in [-0.05, 0) is 42.2 Å². The van der Waals surface area contributed by atoms with Crippen LogP contribution in [0.2, 0.25) is 0 Å². The Bertz CT molecular complexity index is 352. The smallest absolute Gasteiger partial charge is 0.0506 e. The van der Waals surface area contributed by atoms with Crippen molar-refractivity contribution in [3.05, 3.63) is 35.4 Å². The summed E-state index contributed by atoms with van der Waals surface area (Å²) in [6.07, 6.45) is 3.70. The van der Waals surface area contributed by atoms with E-state index in [9.17, 15) is 0 Å². The van der Waals surface area contributed by atoms with Crippen molar-refractivity contribution in [1.82, 2.24) is 5.32 Å². The third-order valence-corrected chi connectivity index (χ3v) is 3.68. The van der Waals surface area contributed by atoms with Crippen molar-refractivity contribution in [1.29, 1.82) is 0 Å². The van der Waals surface area contributed by atoms with Crippen molar-refractivity contribution < 1.29 is 4.74 Å². The lowest BCUT2D eigenvalue weighted by atomic mass is 10.0. The van der Waals surface area contributed by atoms with E-state index in [-0.39, 0.29) is 0 Å². The molecular formula is C17H27NO. The molecule has 1 aliphatic rings. The van der Waals surface area contributed by atoms with Gasteiger partial charge in [0.05, 0.1) is 6.61 Å². The van der Waals surface area contributed by atoms with E-state index < -0.39 is 0 Å². The van der Waals surface area contributed by atoms with Crippen LogP contribution in [0.25, 0.3) is 0 Å². The Kier molecular flexibility index (Phi) is 5.87. The first-order valence-corrected chi connectivity index (χ1v) is 7.60. The van der Waals surface area contributed by atoms with Crippen LogP contribution in [0.1, 0.15) is 37.8 Å². The minimum absolute atomic E-state index is 0.703. The van der Waals surface area contributed by atoms with Crippen molar-refractivity contribution in [3.8, 4) is 0 Å². The van der Waals surface area contributed by atoms with Crippen LogP contribution in [-0.4, -0.2) is 19.8 Å². The van der Waals surface area contributed by atoms with E-state index in [4.69, 9.17) is 4.74 Å². The molecular weight excluding hydrogens is 234 g/mol. The van der Waals surface area contributed by atoms with Crippen molar-refractivity contribution in [3.63, 3.8) is 0 Å². The zero-order valence-corrected chi connectivity index (χ0v) is 12.3. The van der Waals surface area contributed by atoms with Crippen LogP contribution in [0.15, 0.2) is 24.3 Å². The van der Waals surface area contributed by atoms with E-state index >= 15 is 0 Å². The van der Waals surface area contributed by atoms with Gasteiger partial charge in [-0.2, -0.15) is 0 Å². The van der Waals surface area contributed by atoms with Crippen LogP contribution in [0.4, 0.5) is 0 Å². The van der Waals surface area contributed by atoms with E-state index in [1.165, 1.54) is 30.4 Å². The summed E-state index contributed by atoms with van der Waals surface area (Å²) in [6.45, 7) is 8.46. The van der Waals surface area contributed by atoms with Crippen molar-refractivity contribution in [2.75, 3.05) is 19.8 Å². The first-order valence-electron chi connectivity index (χ1n) is 7.60. The summed E-state index contributed by atoms with van der Waals surface area (Å²) in [5, 5.41) is 3.55. The fraction of sp³-hybridized carbons (Fsp3) is 0.647. The van der Waals surface area contributed by atoms with E-state index in [0.29, 0.717) is 5.92 Å². The van der Waals surface area contributed by atoms with Crippen LogP contribution in [-0.2, 0) is 17.7 Å². The number of ether oxygens (including phenoxy) is 1. The summed E-state index contributed by atoms with van der Waals surface area (Å²) in [7, 11) is 0. The fourth-order valence-corrected chi connectivity index (χ4v) is 2.65. The molecule has 0 saturated carbocycles. The molecule has 0 bridgehead atoms. The van der Waals surface area contributed by atoms with Crippen molar-refractivity contribution in [2.24, 2.45) is 11.8 Å². The van der Waals surface area contributed by atoms with Gasteiger partial charge in [0.1, 0.15) is 0 Å². The van der Waals surface area contributed by atoms with Gasteiger partial charge in [-0.15, -0.1) is 0 Å². The Hall–Kier alpha value is -0.860. The number of hydrogen-bond donors (Lipinski definition) is 1. The lowest BCUT2D eigenvalue weighted by Crippen LogP contribution is -2.28. The maximum absolute atomic E-state index is 5.50. The molecule has 1 saturated heterocycles. The SMILES string of the molecule is CC(C)Cc1ccc(CNCC2CCCOC2)cc1. The summed E-state index contributed by atoms with van der Waals surface area (Å²) >= 11 is 0. The third kappa shape index (κ3) is 5.33. The fourth-order valence-electron chi connectivity index (χ4n) is 2.65. The predicted molar refractivity (Wildman–Crippen MR) is 80.2 cm³/mol. The van der Waals surface area contributed by atoms with Crippen molar-refractivity contribution in [2.45, 2.75) is 39.7 Å². The Morgan fingerprint density at radius 2 is 1.95 bits per heavy atom. The average Bonchev–Trinajstić information content (AvgIpc) is 2.41. The number of hydrogen-bond acceptors (Lipinski definition) is 2. The average molecular weight is 261 g/mol. The first kappa shape index (κ1) is 14.5. The second-order valence-electron chi connectivity index (χ2n) is 6.13. The molecule has 0 radical (unpaired) electrons. The Morgan fingerprint density at radius 1 is 1.21 bits per heavy atom. The van der Waals surface area contributed by atoms with Gasteiger partial charge in [-0.1, -0.05) is 38.1 Å². The zero-order chi connectivity index (χ0) is 13.5. The Balaban J connectivity index is 1.70. The normalized spacial score (nSPS) is 19.8. The molecule has 1 atom stereocenters. The van der Waals surface area contributed by atoms with E-state index in [0.717, 1.165) is 32.2 Å². The van der Waals surface area contributed by atoms with Crippen LogP contribution < -0.4 is 5.32 Å². The molecule has 0 aromatic heterocycles. The van der Waals surface area contributed by atoms with Gasteiger partial charge in [-0.25, -0.2) is 0 Å². The monoisotopic (exact) mass is 261 g/mol. The third-order valence-electron chi connectivity index (χ3n) is 3.68. The minimum atomic E-state index is 0.703. The molecule has 2 nitrogen and oxygen atoms in total. The highest BCUT2D eigenvalue weighted by Crippen LogP contribution is 2.13. The summed E-state index contributed by atoms with van der Waals surface area (Å²) in [5.74, 6) is 1.43. The topological polar surface area (TPSA) is 21.3 Å². The molecule has 1 heterocycles. The van der Waals surface area contributed by atoms with Gasteiger partial charge < -0.3 is 10.1 Å². The lowest BCUT2D eigenvalue weighted by Gasteiger charge is -2.22. The lowest BCUT2D eigenvalue weighted by molar-refractivity contribution is 0.0547. The zero-order valence-electron chi connectivity index (χ0n) is 12.3. The summed E-state index contributed by atoms with van der Waals surface area (Å²) in [5.41, 5.74) is 2.82. The minimum Gasteiger partial charge on any atom is -0.381 e. The van der Waals surface area contributed by atoms with E-state index in [2.05, 4.69) is 43.4 Å². The Labute approximate surface area is 117 Å². The van der Waals surface area contributed by atoms with Gasteiger partial charge in [0, 0.05) is 19.7 Å². The van der Waals surface area contributed by atoms with E-state index in [1.807, 2.05) is 0 Å². The molecule has 0 spiro atoms. The van der Waals surface area contributed by atoms with Gasteiger partial charge in [0.15, 0.2) is 0 Å². The molecule has 1 aromatic carbocycles. The van der Waals surface area contributed by atoms with Gasteiger partial charge in [0.2, 0.25) is 0 Å². The summed E-state index contributed by atoms with van der Waals surface area (Å²) in [6, 6.07) is 9.03. The van der Waals surface area contributed by atoms with Crippen LogP contribution in [0.5, 0.6) is 0 Å². The molecule has 2 rings (SSSR count). The second-order valence-corrected chi connectivity index (χ2v) is 6.13. The largest absolute Gasteiger partial charge is 0.381 e. The van der Waals surface area contributed by atoms with Gasteiger partial charge in [0.25, 0.3) is 0 Å². The molecule has 1 aliphatic heterocycles. The highest BCUT2D eigenvalue weighted by molar-refractivity contribution is 5.22. The molecule has 2 heteroatoms. The highest BCUT2D eigenvalue weighted by atomic mass is 16.5. The van der Waals surface area contributed by atoms with Crippen LogP contribution in [0.3, 0.4) is 0 Å². The second kappa shape index (κ2) is 7.66. The molecule has 1 fully saturated rings. The van der Waals surface area contributed by atoms with E-state index in [1.54, 1.807) is 0 Å². The van der Waals surface area contributed by atoms with Gasteiger partial charge in [-0.3, -0.25) is 0 Å². The molecule has 106 valence electrons. The maximum Gasteiger partial charge on any atom is 0.0506 e. The Morgan fingerprint density at radius 3 is 2.58 bits per heavy atom. The molecule has 0 amide bonds. The predicted octanol–water partition coefficient (Wildman–Crippen LogP) is 3.40. The molecule has 1 N–H and O–H groups in total. The van der Waals surface area contributed by atoms with Crippen LogP contribution >= 0.6 is 0 Å². The standard InChI is InChI=1S/C17H27NO/c1-14(2)10-15-5-7-16(8-6-15)11-18-12-17-4-3-9-19-13-17/h5-8,14,17-18H,3-4,9-13H2,1-2H3. The quantitative estimate of drug-likeness (QED) is 0.847. The number of benzene rings is 1. The first-order chi connectivity index (χ1) is 9.24. The summed E-state index contributed by atoms with van der Waals surface area (Å²) in [4.78, 5) is 0. The number of nitrogens with one attached hydrogen (secondary N) is 1. The molecule has 0 aliphatic carbocycles. The number of rotatable bonds is 6. The molecule has 1 unspecified atom stereocenters. The molecule has 19 heavy (non-hydrogen) atoms. The maximum atomic E-state index is 5.50.